The predicted molar refractivity (Wildman–Crippen MR) is 121 cm³/mol. The average Bonchev–Trinajstić information content (AvgIpc) is 3.40. The molecule has 160 valence electrons. The fraction of sp³-hybridized carbons (Fsp3) is 0.400. The Morgan fingerprint density at radius 2 is 2.00 bits per heavy atom. The molecule has 1 fully saturated rings. The molecule has 1 saturated heterocycles. The number of rotatable bonds is 6. The summed E-state index contributed by atoms with van der Waals surface area (Å²) in [5, 5.41) is 9.13. The van der Waals surface area contributed by atoms with Gasteiger partial charge in [-0.15, -0.1) is 0 Å². The van der Waals surface area contributed by atoms with Gasteiger partial charge in [-0.25, -0.2) is 0 Å². The number of fused-ring (bicyclic) bond motifs is 1. The number of anilines is 2. The molecular weight excluding hydrogens is 388 g/mol. The molecule has 2 heterocycles. The van der Waals surface area contributed by atoms with E-state index >= 15 is 0 Å². The third-order valence-corrected chi connectivity index (χ3v) is 6.37. The molecule has 2 aromatic carbocycles. The molecule has 0 saturated carbocycles. The van der Waals surface area contributed by atoms with Gasteiger partial charge in [0.05, 0.1) is 17.6 Å². The first kappa shape index (κ1) is 21.1. The van der Waals surface area contributed by atoms with E-state index in [9.17, 15) is 9.59 Å². The summed E-state index contributed by atoms with van der Waals surface area (Å²) in [7, 11) is 0. The van der Waals surface area contributed by atoms with Crippen molar-refractivity contribution in [2.45, 2.75) is 33.2 Å². The van der Waals surface area contributed by atoms with E-state index in [1.54, 1.807) is 23.1 Å². The number of amides is 2. The zero-order valence-corrected chi connectivity index (χ0v) is 18.2. The SMILES string of the molecule is CCN(CC)Cc1ccc2c(c1)CCN2C(=O)C1CC(=O)N(c2cccc(C#N)c2)C1. The molecule has 2 aliphatic rings. The van der Waals surface area contributed by atoms with E-state index in [0.29, 0.717) is 24.3 Å². The monoisotopic (exact) mass is 416 g/mol. The van der Waals surface area contributed by atoms with Gasteiger partial charge in [-0.2, -0.15) is 5.26 Å². The Hall–Kier alpha value is -3.17. The minimum absolute atomic E-state index is 0.0162. The van der Waals surface area contributed by atoms with Crippen molar-refractivity contribution in [3.8, 4) is 6.07 Å². The van der Waals surface area contributed by atoms with Gasteiger partial charge in [0.1, 0.15) is 0 Å². The summed E-state index contributed by atoms with van der Waals surface area (Å²) in [5.41, 5.74) is 4.65. The molecule has 31 heavy (non-hydrogen) atoms. The molecular formula is C25H28N4O2. The van der Waals surface area contributed by atoms with Gasteiger partial charge in [-0.3, -0.25) is 14.5 Å². The Balaban J connectivity index is 1.48. The molecule has 6 heteroatoms. The Labute approximate surface area is 183 Å². The molecule has 1 atom stereocenters. The summed E-state index contributed by atoms with van der Waals surface area (Å²) in [6.45, 7) is 8.31. The fourth-order valence-corrected chi connectivity index (χ4v) is 4.57. The van der Waals surface area contributed by atoms with Crippen LogP contribution < -0.4 is 9.80 Å². The molecule has 4 rings (SSSR count). The predicted octanol–water partition coefficient (Wildman–Crippen LogP) is 3.34. The van der Waals surface area contributed by atoms with Crippen LogP contribution >= 0.6 is 0 Å². The zero-order chi connectivity index (χ0) is 22.0. The quantitative estimate of drug-likeness (QED) is 0.724. The van der Waals surface area contributed by atoms with E-state index in [2.05, 4.69) is 43.0 Å². The second-order valence-electron chi connectivity index (χ2n) is 8.23. The molecule has 0 radical (unpaired) electrons. The molecule has 1 unspecified atom stereocenters. The van der Waals surface area contributed by atoms with Gasteiger partial charge in [-0.05, 0) is 54.9 Å². The second kappa shape index (κ2) is 8.91. The number of carbonyl (C=O) groups excluding carboxylic acids is 2. The number of carbonyl (C=O) groups is 2. The Morgan fingerprint density at radius 1 is 1.19 bits per heavy atom. The van der Waals surface area contributed by atoms with Crippen LogP contribution in [0.15, 0.2) is 42.5 Å². The molecule has 0 aliphatic carbocycles. The first-order valence-electron chi connectivity index (χ1n) is 11.0. The van der Waals surface area contributed by atoms with E-state index < -0.39 is 0 Å². The largest absolute Gasteiger partial charge is 0.312 e. The molecule has 2 aromatic rings. The highest BCUT2D eigenvalue weighted by Gasteiger charge is 2.39. The maximum absolute atomic E-state index is 13.3. The number of hydrogen-bond donors (Lipinski definition) is 0. The van der Waals surface area contributed by atoms with Gasteiger partial charge >= 0.3 is 0 Å². The number of nitriles is 1. The Bertz CT molecular complexity index is 1040. The van der Waals surface area contributed by atoms with Crippen LogP contribution in [0.3, 0.4) is 0 Å². The van der Waals surface area contributed by atoms with Gasteiger partial charge in [0.2, 0.25) is 11.8 Å². The van der Waals surface area contributed by atoms with Crippen LogP contribution in [-0.2, 0) is 22.6 Å². The smallest absolute Gasteiger partial charge is 0.232 e. The summed E-state index contributed by atoms with van der Waals surface area (Å²) >= 11 is 0. The molecule has 2 amide bonds. The summed E-state index contributed by atoms with van der Waals surface area (Å²) in [6, 6.07) is 15.5. The lowest BCUT2D eigenvalue weighted by molar-refractivity contribution is -0.124. The van der Waals surface area contributed by atoms with Crippen molar-refractivity contribution in [2.75, 3.05) is 36.0 Å². The highest BCUT2D eigenvalue weighted by atomic mass is 16.2. The van der Waals surface area contributed by atoms with Crippen molar-refractivity contribution in [3.63, 3.8) is 0 Å². The minimum atomic E-state index is -0.362. The van der Waals surface area contributed by atoms with E-state index in [1.165, 1.54) is 11.1 Å². The summed E-state index contributed by atoms with van der Waals surface area (Å²) in [5.74, 6) is -0.412. The van der Waals surface area contributed by atoms with Crippen molar-refractivity contribution in [2.24, 2.45) is 5.92 Å². The summed E-state index contributed by atoms with van der Waals surface area (Å²) in [4.78, 5) is 31.8. The molecule has 0 spiro atoms. The minimum Gasteiger partial charge on any atom is -0.312 e. The van der Waals surface area contributed by atoms with Crippen LogP contribution in [0.1, 0.15) is 37.0 Å². The summed E-state index contributed by atoms with van der Waals surface area (Å²) in [6.07, 6.45) is 1.06. The Kier molecular flexibility index (Phi) is 6.06. The van der Waals surface area contributed by atoms with Gasteiger partial charge < -0.3 is 9.80 Å². The normalized spacial score (nSPS) is 17.9. The summed E-state index contributed by atoms with van der Waals surface area (Å²) < 4.78 is 0. The van der Waals surface area contributed by atoms with Gasteiger partial charge in [0, 0.05) is 37.4 Å². The third kappa shape index (κ3) is 4.19. The van der Waals surface area contributed by atoms with Crippen molar-refractivity contribution in [1.29, 1.82) is 5.26 Å². The number of benzene rings is 2. The van der Waals surface area contributed by atoms with Crippen LogP contribution in [0.4, 0.5) is 11.4 Å². The highest BCUT2D eigenvalue weighted by Crippen LogP contribution is 2.33. The lowest BCUT2D eigenvalue weighted by atomic mass is 10.1. The lowest BCUT2D eigenvalue weighted by Crippen LogP contribution is -2.36. The van der Waals surface area contributed by atoms with E-state index in [4.69, 9.17) is 5.26 Å². The van der Waals surface area contributed by atoms with Crippen molar-refractivity contribution < 1.29 is 9.59 Å². The van der Waals surface area contributed by atoms with Crippen molar-refractivity contribution in [1.82, 2.24) is 4.90 Å². The van der Waals surface area contributed by atoms with Crippen LogP contribution in [0, 0.1) is 17.2 Å². The zero-order valence-electron chi connectivity index (χ0n) is 18.2. The maximum atomic E-state index is 13.3. The van der Waals surface area contributed by atoms with Crippen molar-refractivity contribution >= 4 is 23.2 Å². The van der Waals surface area contributed by atoms with Gasteiger partial charge in [0.25, 0.3) is 0 Å². The van der Waals surface area contributed by atoms with Crippen LogP contribution in [0.2, 0.25) is 0 Å². The van der Waals surface area contributed by atoms with Crippen molar-refractivity contribution in [3.05, 3.63) is 59.2 Å². The Morgan fingerprint density at radius 3 is 2.74 bits per heavy atom. The highest BCUT2D eigenvalue weighted by molar-refractivity contribution is 6.05. The lowest BCUT2D eigenvalue weighted by Gasteiger charge is -2.22. The first-order valence-corrected chi connectivity index (χ1v) is 11.0. The number of hydrogen-bond acceptors (Lipinski definition) is 4. The van der Waals surface area contributed by atoms with Gasteiger partial charge in [-0.1, -0.05) is 32.0 Å². The van der Waals surface area contributed by atoms with E-state index in [-0.39, 0.29) is 24.2 Å². The molecule has 6 nitrogen and oxygen atoms in total. The number of nitrogens with zero attached hydrogens (tertiary/aromatic N) is 4. The molecule has 0 N–H and O–H groups in total. The van der Waals surface area contributed by atoms with E-state index in [1.807, 2.05) is 11.0 Å². The second-order valence-corrected chi connectivity index (χ2v) is 8.23. The van der Waals surface area contributed by atoms with Crippen LogP contribution in [0.25, 0.3) is 0 Å². The fourth-order valence-electron chi connectivity index (χ4n) is 4.57. The van der Waals surface area contributed by atoms with E-state index in [0.717, 1.165) is 31.7 Å². The first-order chi connectivity index (χ1) is 15.0. The van der Waals surface area contributed by atoms with Crippen LogP contribution in [0.5, 0.6) is 0 Å². The topological polar surface area (TPSA) is 67.7 Å². The average molecular weight is 417 g/mol. The van der Waals surface area contributed by atoms with Crippen LogP contribution in [-0.4, -0.2) is 42.9 Å². The van der Waals surface area contributed by atoms with Gasteiger partial charge in [0.15, 0.2) is 0 Å². The standard InChI is InChI=1S/C25H28N4O2/c1-3-27(4-2)16-19-8-9-23-20(12-19)10-11-28(23)25(31)21-14-24(30)29(17-21)22-7-5-6-18(13-22)15-26/h5-9,12-13,21H,3-4,10-11,14,16-17H2,1-2H3. The molecule has 0 aromatic heterocycles. The molecule has 2 aliphatic heterocycles. The molecule has 0 bridgehead atoms. The third-order valence-electron chi connectivity index (χ3n) is 6.37. The maximum Gasteiger partial charge on any atom is 0.232 e.